The van der Waals surface area contributed by atoms with E-state index in [-0.39, 0.29) is 11.8 Å². The van der Waals surface area contributed by atoms with E-state index in [1.54, 1.807) is 37.4 Å². The van der Waals surface area contributed by atoms with Crippen molar-refractivity contribution in [2.45, 2.75) is 0 Å². The molecule has 4 aromatic rings. The molecule has 2 N–H and O–H groups in total. The third kappa shape index (κ3) is 4.08. The van der Waals surface area contributed by atoms with E-state index < -0.39 is 0 Å². The van der Waals surface area contributed by atoms with Crippen molar-refractivity contribution in [3.05, 3.63) is 83.9 Å². The molecule has 0 aliphatic carbocycles. The van der Waals surface area contributed by atoms with E-state index >= 15 is 0 Å². The van der Waals surface area contributed by atoms with Gasteiger partial charge in [-0.3, -0.25) is 9.59 Å². The molecule has 0 bridgehead atoms. The van der Waals surface area contributed by atoms with E-state index in [1.165, 1.54) is 0 Å². The molecule has 0 atom stereocenters. The van der Waals surface area contributed by atoms with Crippen LogP contribution in [-0.4, -0.2) is 37.1 Å². The fraction of sp³-hybridized carbons (Fsp3) is 0.115. The summed E-state index contributed by atoms with van der Waals surface area (Å²) >= 11 is 0. The van der Waals surface area contributed by atoms with E-state index in [1.807, 2.05) is 42.5 Å². The highest BCUT2D eigenvalue weighted by Gasteiger charge is 2.17. The minimum Gasteiger partial charge on any atom is -0.486 e. The topological polar surface area (TPSA) is 89.6 Å². The Balaban J connectivity index is 1.51. The van der Waals surface area contributed by atoms with Crippen molar-refractivity contribution < 1.29 is 19.1 Å². The van der Waals surface area contributed by atoms with E-state index in [2.05, 4.69) is 10.6 Å². The van der Waals surface area contributed by atoms with Crippen molar-refractivity contribution in [1.29, 1.82) is 0 Å². The van der Waals surface area contributed by atoms with Gasteiger partial charge >= 0.3 is 0 Å². The molecule has 1 aromatic heterocycles. The van der Waals surface area contributed by atoms with Gasteiger partial charge in [0.2, 0.25) is 0 Å². The molecule has 0 spiro atoms. The first-order chi connectivity index (χ1) is 16.1. The second-order valence-corrected chi connectivity index (χ2v) is 7.54. The second kappa shape index (κ2) is 8.63. The Morgan fingerprint density at radius 3 is 2.39 bits per heavy atom. The van der Waals surface area contributed by atoms with Crippen molar-refractivity contribution in [2.24, 2.45) is 0 Å². The van der Waals surface area contributed by atoms with Crippen LogP contribution in [0.3, 0.4) is 0 Å². The maximum atomic E-state index is 13.3. The summed E-state index contributed by atoms with van der Waals surface area (Å²) in [7, 11) is 1.58. The van der Waals surface area contributed by atoms with Crippen LogP contribution < -0.4 is 20.1 Å². The van der Waals surface area contributed by atoms with Crippen molar-refractivity contribution in [1.82, 2.24) is 10.3 Å². The number of fused-ring (bicyclic) bond motifs is 2. The number of ether oxygens (including phenoxy) is 2. The van der Waals surface area contributed by atoms with Crippen molar-refractivity contribution in [3.8, 4) is 22.8 Å². The number of nitrogens with zero attached hydrogens (tertiary/aromatic N) is 1. The lowest BCUT2D eigenvalue weighted by atomic mass is 10.0. The molecule has 2 heterocycles. The molecule has 164 valence electrons. The van der Waals surface area contributed by atoms with Crippen LogP contribution in [0.25, 0.3) is 22.2 Å². The zero-order valence-corrected chi connectivity index (χ0v) is 17.9. The number of aromatic nitrogens is 1. The number of rotatable bonds is 4. The predicted octanol–water partition coefficient (Wildman–Crippen LogP) is 4.28. The fourth-order valence-corrected chi connectivity index (χ4v) is 3.76. The van der Waals surface area contributed by atoms with Crippen molar-refractivity contribution >= 4 is 28.4 Å². The van der Waals surface area contributed by atoms with Gasteiger partial charge in [-0.15, -0.1) is 0 Å². The van der Waals surface area contributed by atoms with Crippen LogP contribution in [0.4, 0.5) is 5.69 Å². The summed E-state index contributed by atoms with van der Waals surface area (Å²) in [5.41, 5.74) is 3.81. The number of amides is 2. The number of nitrogens with one attached hydrogen (secondary N) is 2. The highest BCUT2D eigenvalue weighted by molar-refractivity contribution is 6.13. The molecular weight excluding hydrogens is 418 g/mol. The second-order valence-electron chi connectivity index (χ2n) is 7.54. The molecule has 5 rings (SSSR count). The quantitative estimate of drug-likeness (QED) is 0.495. The number of carbonyl (C=O) groups is 2. The van der Waals surface area contributed by atoms with Crippen LogP contribution in [0.15, 0.2) is 72.8 Å². The van der Waals surface area contributed by atoms with Crippen LogP contribution in [0.1, 0.15) is 20.7 Å². The monoisotopic (exact) mass is 439 g/mol. The van der Waals surface area contributed by atoms with Crippen LogP contribution >= 0.6 is 0 Å². The standard InChI is InChI=1S/C26H21N3O4/c1-27-25(30)16-6-9-18(10-7-16)28-26(31)20-15-22(29-21-5-3-2-4-19(20)21)17-8-11-23-24(14-17)33-13-12-32-23/h2-11,14-15H,12-13H2,1H3,(H,27,30)(H,28,31). The highest BCUT2D eigenvalue weighted by Crippen LogP contribution is 2.35. The summed E-state index contributed by atoms with van der Waals surface area (Å²) in [5, 5.41) is 6.25. The van der Waals surface area contributed by atoms with Gasteiger partial charge in [-0.2, -0.15) is 0 Å². The Morgan fingerprint density at radius 1 is 0.848 bits per heavy atom. The molecule has 33 heavy (non-hydrogen) atoms. The SMILES string of the molecule is CNC(=O)c1ccc(NC(=O)c2cc(-c3ccc4c(c3)OCCO4)nc3ccccc23)cc1. The first-order valence-electron chi connectivity index (χ1n) is 10.6. The number of anilines is 1. The minimum atomic E-state index is -0.264. The summed E-state index contributed by atoms with van der Waals surface area (Å²) < 4.78 is 11.3. The van der Waals surface area contributed by atoms with E-state index in [0.717, 1.165) is 10.9 Å². The lowest BCUT2D eigenvalue weighted by molar-refractivity contribution is 0.0962. The average molecular weight is 439 g/mol. The first kappa shape index (κ1) is 20.5. The largest absolute Gasteiger partial charge is 0.486 e. The van der Waals surface area contributed by atoms with Crippen LogP contribution in [-0.2, 0) is 0 Å². The molecule has 0 unspecified atom stereocenters. The Bertz CT molecular complexity index is 1370. The number of pyridine rings is 1. The molecule has 0 saturated heterocycles. The molecule has 2 amide bonds. The predicted molar refractivity (Wildman–Crippen MR) is 126 cm³/mol. The van der Waals surface area contributed by atoms with E-state index in [9.17, 15) is 9.59 Å². The molecule has 1 aliphatic rings. The summed E-state index contributed by atoms with van der Waals surface area (Å²) in [5.74, 6) is 0.914. The normalized spacial score (nSPS) is 12.3. The zero-order chi connectivity index (χ0) is 22.8. The van der Waals surface area contributed by atoms with E-state index in [4.69, 9.17) is 14.5 Å². The number of benzene rings is 3. The number of carbonyl (C=O) groups excluding carboxylic acids is 2. The van der Waals surface area contributed by atoms with Gasteiger partial charge in [-0.1, -0.05) is 18.2 Å². The molecule has 0 fully saturated rings. The average Bonchev–Trinajstić information content (AvgIpc) is 2.87. The number of hydrogen-bond acceptors (Lipinski definition) is 5. The summed E-state index contributed by atoms with van der Waals surface area (Å²) in [4.78, 5) is 29.8. The van der Waals surface area contributed by atoms with Crippen molar-refractivity contribution in [2.75, 3.05) is 25.6 Å². The Hall–Kier alpha value is -4.39. The Morgan fingerprint density at radius 2 is 1.61 bits per heavy atom. The van der Waals surface area contributed by atoms with Gasteiger partial charge in [-0.05, 0) is 54.6 Å². The first-order valence-corrected chi connectivity index (χ1v) is 10.6. The lowest BCUT2D eigenvalue weighted by Crippen LogP contribution is -2.18. The minimum absolute atomic E-state index is 0.183. The maximum Gasteiger partial charge on any atom is 0.256 e. The van der Waals surface area contributed by atoms with Crippen molar-refractivity contribution in [3.63, 3.8) is 0 Å². The van der Waals surface area contributed by atoms with E-state index in [0.29, 0.717) is 52.7 Å². The molecule has 7 nitrogen and oxygen atoms in total. The fourth-order valence-electron chi connectivity index (χ4n) is 3.76. The molecule has 3 aromatic carbocycles. The Labute approximate surface area is 190 Å². The smallest absolute Gasteiger partial charge is 0.256 e. The van der Waals surface area contributed by atoms with Gasteiger partial charge in [0, 0.05) is 29.2 Å². The molecule has 0 radical (unpaired) electrons. The molecule has 7 heteroatoms. The lowest BCUT2D eigenvalue weighted by Gasteiger charge is -2.19. The summed E-state index contributed by atoms with van der Waals surface area (Å²) in [6.45, 7) is 1.02. The van der Waals surface area contributed by atoms with Crippen LogP contribution in [0.2, 0.25) is 0 Å². The highest BCUT2D eigenvalue weighted by atomic mass is 16.6. The Kier molecular flexibility index (Phi) is 5.36. The zero-order valence-electron chi connectivity index (χ0n) is 17.9. The van der Waals surface area contributed by atoms with Gasteiger partial charge in [0.25, 0.3) is 11.8 Å². The maximum absolute atomic E-state index is 13.3. The third-order valence-corrected chi connectivity index (χ3v) is 5.43. The molecule has 1 aliphatic heterocycles. The summed E-state index contributed by atoms with van der Waals surface area (Å²) in [6.07, 6.45) is 0. The van der Waals surface area contributed by atoms with Gasteiger partial charge < -0.3 is 20.1 Å². The number of para-hydroxylation sites is 1. The van der Waals surface area contributed by atoms with Gasteiger partial charge in [0.1, 0.15) is 13.2 Å². The third-order valence-electron chi connectivity index (χ3n) is 5.43. The van der Waals surface area contributed by atoms with Gasteiger partial charge in [0.05, 0.1) is 16.8 Å². The van der Waals surface area contributed by atoms with Gasteiger partial charge in [0.15, 0.2) is 11.5 Å². The van der Waals surface area contributed by atoms with Crippen LogP contribution in [0, 0.1) is 0 Å². The van der Waals surface area contributed by atoms with Gasteiger partial charge in [-0.25, -0.2) is 4.98 Å². The summed E-state index contributed by atoms with van der Waals surface area (Å²) in [6, 6.07) is 21.7. The molecule has 0 saturated carbocycles. The molecular formula is C26H21N3O4. The van der Waals surface area contributed by atoms with Crippen LogP contribution in [0.5, 0.6) is 11.5 Å². The number of hydrogen-bond donors (Lipinski definition) is 2.